The molecular weight excluding hydrogens is 152 g/mol. The van der Waals surface area contributed by atoms with Crippen molar-refractivity contribution in [1.29, 1.82) is 0 Å². The van der Waals surface area contributed by atoms with E-state index in [1.807, 2.05) is 6.92 Å². The van der Waals surface area contributed by atoms with E-state index < -0.39 is 6.10 Å². The number of Topliss-reactive ketones (excluding diaryl/α,β-unsaturated/α-hetero) is 1. The van der Waals surface area contributed by atoms with Gasteiger partial charge in [-0.2, -0.15) is 0 Å². The Balaban J connectivity index is 2.50. The van der Waals surface area contributed by atoms with E-state index in [9.17, 15) is 9.90 Å². The van der Waals surface area contributed by atoms with Crippen LogP contribution in [0.25, 0.3) is 0 Å². The lowest BCUT2D eigenvalue weighted by Crippen LogP contribution is -2.37. The van der Waals surface area contributed by atoms with Gasteiger partial charge < -0.3 is 5.11 Å². The van der Waals surface area contributed by atoms with Crippen LogP contribution >= 0.6 is 0 Å². The van der Waals surface area contributed by atoms with E-state index in [1.54, 1.807) is 0 Å². The lowest BCUT2D eigenvalue weighted by molar-refractivity contribution is -0.132. The third-order valence-corrected chi connectivity index (χ3v) is 4.51. The van der Waals surface area contributed by atoms with Gasteiger partial charge in [0.05, 0.1) is 0 Å². The number of fused-ring (bicyclic) bond motifs is 2. The summed E-state index contributed by atoms with van der Waals surface area (Å²) in [7, 11) is 0. The van der Waals surface area contributed by atoms with Gasteiger partial charge in [0, 0.05) is 11.3 Å². The summed E-state index contributed by atoms with van der Waals surface area (Å²) in [5, 5.41) is 9.73. The fourth-order valence-electron chi connectivity index (χ4n) is 3.02. The van der Waals surface area contributed by atoms with Gasteiger partial charge in [-0.25, -0.2) is 0 Å². The van der Waals surface area contributed by atoms with Crippen molar-refractivity contribution in [1.82, 2.24) is 0 Å². The first-order chi connectivity index (χ1) is 5.41. The molecule has 0 aromatic heterocycles. The molecule has 2 nitrogen and oxygen atoms in total. The van der Waals surface area contributed by atoms with E-state index in [2.05, 4.69) is 13.8 Å². The summed E-state index contributed by atoms with van der Waals surface area (Å²) in [6.07, 6.45) is 1.27. The normalized spacial score (nSPS) is 50.2. The van der Waals surface area contributed by atoms with E-state index in [0.29, 0.717) is 0 Å². The third-order valence-electron chi connectivity index (χ3n) is 4.51. The van der Waals surface area contributed by atoms with E-state index in [-0.39, 0.29) is 22.5 Å². The first-order valence-electron chi connectivity index (χ1n) is 4.63. The molecule has 1 N–H and O–H groups in total. The molecule has 2 heteroatoms. The van der Waals surface area contributed by atoms with Gasteiger partial charge in [-0.15, -0.1) is 0 Å². The van der Waals surface area contributed by atoms with Crippen molar-refractivity contribution in [3.05, 3.63) is 0 Å². The lowest BCUT2D eigenvalue weighted by Gasteiger charge is -2.35. The molecule has 2 bridgehead atoms. The lowest BCUT2D eigenvalue weighted by atomic mass is 9.70. The van der Waals surface area contributed by atoms with Gasteiger partial charge in [0.25, 0.3) is 0 Å². The number of ketones is 1. The van der Waals surface area contributed by atoms with Crippen LogP contribution in [0, 0.1) is 16.7 Å². The van der Waals surface area contributed by atoms with Gasteiger partial charge in [-0.3, -0.25) is 4.79 Å². The van der Waals surface area contributed by atoms with E-state index in [1.165, 1.54) is 0 Å². The quantitative estimate of drug-likeness (QED) is 0.593. The summed E-state index contributed by atoms with van der Waals surface area (Å²) in [6.45, 7) is 6.26. The molecule has 0 heterocycles. The Hall–Kier alpha value is -0.370. The maximum absolute atomic E-state index is 11.5. The summed E-state index contributed by atoms with van der Waals surface area (Å²) in [4.78, 5) is 11.5. The summed E-state index contributed by atoms with van der Waals surface area (Å²) in [5.41, 5.74) is -0.155. The summed E-state index contributed by atoms with van der Waals surface area (Å²) < 4.78 is 0. The zero-order chi connectivity index (χ0) is 9.15. The minimum atomic E-state index is -0.703. The van der Waals surface area contributed by atoms with Crippen molar-refractivity contribution >= 4 is 5.78 Å². The second kappa shape index (κ2) is 1.92. The zero-order valence-corrected chi connectivity index (χ0v) is 7.92. The van der Waals surface area contributed by atoms with E-state index in [4.69, 9.17) is 0 Å². The Bertz CT molecular complexity index is 244. The highest BCUT2D eigenvalue weighted by molar-refractivity contribution is 5.90. The molecule has 0 aliphatic heterocycles. The SMILES string of the molecule is CC1(C)[C@@H]2CC[C@]1(C)[C@@H](O)C2=O. The topological polar surface area (TPSA) is 37.3 Å². The largest absolute Gasteiger partial charge is 0.385 e. The van der Waals surface area contributed by atoms with Crippen LogP contribution in [0.5, 0.6) is 0 Å². The van der Waals surface area contributed by atoms with Crippen LogP contribution in [0.3, 0.4) is 0 Å². The Labute approximate surface area is 73.0 Å². The molecule has 0 spiro atoms. The van der Waals surface area contributed by atoms with Crippen LogP contribution in [-0.4, -0.2) is 17.0 Å². The average Bonchev–Trinajstić information content (AvgIpc) is 2.26. The second-order valence-electron chi connectivity index (χ2n) is 5.04. The molecule has 0 aromatic rings. The number of aliphatic hydroxyl groups is 1. The predicted octanol–water partition coefficient (Wildman–Crippen LogP) is 1.37. The molecular formula is C10H16O2. The van der Waals surface area contributed by atoms with Crippen LogP contribution in [0.4, 0.5) is 0 Å². The maximum Gasteiger partial charge on any atom is 0.165 e. The number of carbonyl (C=O) groups is 1. The summed E-state index contributed by atoms with van der Waals surface area (Å²) in [5.74, 6) is 0.186. The first-order valence-corrected chi connectivity index (χ1v) is 4.63. The molecule has 0 radical (unpaired) electrons. The van der Waals surface area contributed by atoms with Gasteiger partial charge in [-0.1, -0.05) is 20.8 Å². The van der Waals surface area contributed by atoms with E-state index >= 15 is 0 Å². The van der Waals surface area contributed by atoms with Gasteiger partial charge in [0.15, 0.2) is 5.78 Å². The van der Waals surface area contributed by atoms with Crippen LogP contribution < -0.4 is 0 Å². The molecule has 0 unspecified atom stereocenters. The zero-order valence-electron chi connectivity index (χ0n) is 7.92. The molecule has 0 saturated heterocycles. The molecule has 2 fully saturated rings. The molecule has 3 atom stereocenters. The number of carbonyl (C=O) groups excluding carboxylic acids is 1. The summed E-state index contributed by atoms with van der Waals surface area (Å²) in [6, 6.07) is 0. The van der Waals surface area contributed by atoms with Crippen molar-refractivity contribution < 1.29 is 9.90 Å². The van der Waals surface area contributed by atoms with Crippen LogP contribution in [0.1, 0.15) is 33.6 Å². The number of rotatable bonds is 0. The molecule has 12 heavy (non-hydrogen) atoms. The number of hydrogen-bond acceptors (Lipinski definition) is 2. The minimum Gasteiger partial charge on any atom is -0.385 e. The molecule has 2 saturated carbocycles. The average molecular weight is 168 g/mol. The Morgan fingerprint density at radius 2 is 2.00 bits per heavy atom. The Morgan fingerprint density at radius 1 is 1.42 bits per heavy atom. The molecule has 2 aliphatic rings. The first kappa shape index (κ1) is 8.24. The van der Waals surface area contributed by atoms with Crippen molar-refractivity contribution in [2.24, 2.45) is 16.7 Å². The summed E-state index contributed by atoms with van der Waals surface area (Å²) >= 11 is 0. The van der Waals surface area contributed by atoms with Gasteiger partial charge >= 0.3 is 0 Å². The van der Waals surface area contributed by atoms with Gasteiger partial charge in [-0.05, 0) is 18.3 Å². The van der Waals surface area contributed by atoms with Crippen LogP contribution in [0.2, 0.25) is 0 Å². The maximum atomic E-state index is 11.5. The van der Waals surface area contributed by atoms with Gasteiger partial charge in [0.2, 0.25) is 0 Å². The molecule has 0 amide bonds. The highest BCUT2D eigenvalue weighted by atomic mass is 16.3. The van der Waals surface area contributed by atoms with Crippen LogP contribution in [-0.2, 0) is 4.79 Å². The second-order valence-corrected chi connectivity index (χ2v) is 5.04. The number of aliphatic hydroxyl groups excluding tert-OH is 1. The number of hydrogen-bond donors (Lipinski definition) is 1. The molecule has 2 rings (SSSR count). The molecule has 0 aromatic carbocycles. The monoisotopic (exact) mass is 168 g/mol. The standard InChI is InChI=1S/C10H16O2/c1-9(2)6-4-5-10(9,3)8(12)7(6)11/h6,8,12H,4-5H2,1-3H3/t6-,8+,10-/m1/s1. The van der Waals surface area contributed by atoms with Crippen molar-refractivity contribution in [3.63, 3.8) is 0 Å². The Kier molecular flexibility index (Phi) is 1.32. The fraction of sp³-hybridized carbons (Fsp3) is 0.900. The van der Waals surface area contributed by atoms with Crippen molar-refractivity contribution in [2.75, 3.05) is 0 Å². The molecule has 68 valence electrons. The minimum absolute atomic E-state index is 0.00347. The smallest absolute Gasteiger partial charge is 0.165 e. The van der Waals surface area contributed by atoms with E-state index in [0.717, 1.165) is 12.8 Å². The highest BCUT2D eigenvalue weighted by Gasteiger charge is 2.65. The van der Waals surface area contributed by atoms with Gasteiger partial charge in [0.1, 0.15) is 6.10 Å². The Morgan fingerprint density at radius 3 is 2.25 bits per heavy atom. The van der Waals surface area contributed by atoms with Crippen molar-refractivity contribution in [3.8, 4) is 0 Å². The van der Waals surface area contributed by atoms with Crippen LogP contribution in [0.15, 0.2) is 0 Å². The fourth-order valence-corrected chi connectivity index (χ4v) is 3.02. The molecule has 2 aliphatic carbocycles. The third kappa shape index (κ3) is 0.598. The van der Waals surface area contributed by atoms with Crippen molar-refractivity contribution in [2.45, 2.75) is 39.7 Å². The predicted molar refractivity (Wildman–Crippen MR) is 45.6 cm³/mol. The highest BCUT2D eigenvalue weighted by Crippen LogP contribution is 2.63.